The fourth-order valence-corrected chi connectivity index (χ4v) is 3.16. The third-order valence-corrected chi connectivity index (χ3v) is 4.64. The van der Waals surface area contributed by atoms with Crippen molar-refractivity contribution < 1.29 is 32.5 Å². The Kier molecular flexibility index (Phi) is 4.86. The van der Waals surface area contributed by atoms with E-state index in [-0.39, 0.29) is 52.0 Å². The van der Waals surface area contributed by atoms with Crippen LogP contribution in [0.2, 0.25) is 0 Å². The Morgan fingerprint density at radius 1 is 0.917 bits per heavy atom. The number of ketones is 2. The quantitative estimate of drug-likeness (QED) is 0.422. The van der Waals surface area contributed by atoms with E-state index in [1.807, 2.05) is 0 Å². The van der Waals surface area contributed by atoms with Gasteiger partial charge in [-0.1, -0.05) is 12.1 Å². The van der Waals surface area contributed by atoms with Crippen LogP contribution in [0.1, 0.15) is 31.8 Å². The van der Waals surface area contributed by atoms with Crippen LogP contribution in [-0.2, 0) is 14.4 Å². The van der Waals surface area contributed by atoms with E-state index in [1.54, 1.807) is 0 Å². The number of nitrogens with two attached hydrogens (primary N) is 1. The number of rotatable bonds is 2. The fraction of sp³-hybridized carbons (Fsp3) is 0. The molecule has 2 aromatic carbocycles. The number of benzene rings is 2. The van der Waals surface area contributed by atoms with Crippen LogP contribution in [-0.4, -0.2) is 59.8 Å². The molecule has 1 aliphatic carbocycles. The molecule has 2 aromatic rings. The van der Waals surface area contributed by atoms with Crippen molar-refractivity contribution in [2.24, 2.45) is 5.90 Å². The van der Waals surface area contributed by atoms with Gasteiger partial charge in [0.25, 0.3) is 0 Å². The van der Waals surface area contributed by atoms with E-state index in [0.717, 1.165) is 12.1 Å². The predicted octanol–water partition coefficient (Wildman–Crippen LogP) is -0.196. The minimum atomic E-state index is -4.47. The van der Waals surface area contributed by atoms with Gasteiger partial charge < -0.3 is 10.2 Å². The molecule has 0 spiro atoms. The number of phenolic OH excluding ortho intramolecular Hbond substituents is 2. The van der Waals surface area contributed by atoms with E-state index in [2.05, 4.69) is 10.2 Å². The third-order valence-electron chi connectivity index (χ3n) is 3.52. The zero-order chi connectivity index (χ0) is 16.9. The molecular formula is C14H10NNaO7S. The van der Waals surface area contributed by atoms with Crippen LogP contribution < -0.4 is 5.90 Å². The second-order valence-corrected chi connectivity index (χ2v) is 6.28. The van der Waals surface area contributed by atoms with Crippen LogP contribution >= 0.6 is 0 Å². The molecule has 120 valence electrons. The van der Waals surface area contributed by atoms with E-state index in [0.29, 0.717) is 0 Å². The van der Waals surface area contributed by atoms with Crippen LogP contribution in [0.3, 0.4) is 0 Å². The van der Waals surface area contributed by atoms with Gasteiger partial charge in [0.1, 0.15) is 16.4 Å². The SMILES string of the molecule is NOS(=O)(=O)c1ccc2c(c1O)C(=O)c1cccc(O)c1C2=O.[NaH]. The van der Waals surface area contributed by atoms with Crippen molar-refractivity contribution in [3.63, 3.8) is 0 Å². The van der Waals surface area contributed by atoms with E-state index in [1.165, 1.54) is 18.2 Å². The molecule has 0 aromatic heterocycles. The van der Waals surface area contributed by atoms with Gasteiger partial charge in [-0.2, -0.15) is 18.6 Å². The molecule has 0 saturated carbocycles. The van der Waals surface area contributed by atoms with Gasteiger partial charge in [-0.3, -0.25) is 9.59 Å². The number of hydrogen-bond donors (Lipinski definition) is 3. The topological polar surface area (TPSA) is 144 Å². The molecule has 0 atom stereocenters. The summed E-state index contributed by atoms with van der Waals surface area (Å²) in [5.74, 6) is 1.84. The summed E-state index contributed by atoms with van der Waals surface area (Å²) in [6, 6.07) is 5.84. The van der Waals surface area contributed by atoms with Gasteiger partial charge >= 0.3 is 39.7 Å². The molecule has 24 heavy (non-hydrogen) atoms. The Morgan fingerprint density at radius 2 is 1.50 bits per heavy atom. The van der Waals surface area contributed by atoms with Gasteiger partial charge in [0.05, 0.1) is 11.1 Å². The first-order valence-electron chi connectivity index (χ1n) is 6.20. The zero-order valence-corrected chi connectivity index (χ0v) is 12.1. The Balaban J connectivity index is 0.00000208. The van der Waals surface area contributed by atoms with Crippen molar-refractivity contribution in [3.05, 3.63) is 52.6 Å². The molecule has 10 heteroatoms. The first-order chi connectivity index (χ1) is 10.8. The maximum atomic E-state index is 12.5. The molecule has 0 amide bonds. The number of aromatic hydroxyl groups is 2. The summed E-state index contributed by atoms with van der Waals surface area (Å²) in [4.78, 5) is 24.2. The van der Waals surface area contributed by atoms with Crippen LogP contribution in [0.4, 0.5) is 0 Å². The molecule has 8 nitrogen and oxygen atoms in total. The number of hydrogen-bond acceptors (Lipinski definition) is 8. The van der Waals surface area contributed by atoms with Crippen molar-refractivity contribution in [2.45, 2.75) is 4.90 Å². The number of fused-ring (bicyclic) bond motifs is 2. The van der Waals surface area contributed by atoms with Gasteiger partial charge in [0.2, 0.25) is 0 Å². The predicted molar refractivity (Wildman–Crippen MR) is 82.7 cm³/mol. The average Bonchev–Trinajstić information content (AvgIpc) is 2.52. The summed E-state index contributed by atoms with van der Waals surface area (Å²) >= 11 is 0. The molecule has 0 unspecified atom stereocenters. The van der Waals surface area contributed by atoms with Gasteiger partial charge in [-0.25, -0.2) is 0 Å². The van der Waals surface area contributed by atoms with E-state index >= 15 is 0 Å². The molecule has 0 aliphatic heterocycles. The molecule has 0 radical (unpaired) electrons. The molecular weight excluding hydrogens is 349 g/mol. The minimum absolute atomic E-state index is 0. The van der Waals surface area contributed by atoms with Crippen molar-refractivity contribution >= 4 is 51.2 Å². The van der Waals surface area contributed by atoms with Gasteiger partial charge in [0, 0.05) is 11.1 Å². The Morgan fingerprint density at radius 3 is 2.12 bits per heavy atom. The van der Waals surface area contributed by atoms with Gasteiger partial charge in [-0.15, -0.1) is 0 Å². The first-order valence-corrected chi connectivity index (χ1v) is 7.61. The summed E-state index contributed by atoms with van der Waals surface area (Å²) in [5, 5.41) is 19.9. The number of phenols is 2. The first kappa shape index (κ1) is 18.6. The van der Waals surface area contributed by atoms with Crippen LogP contribution in [0.5, 0.6) is 11.5 Å². The normalized spacial score (nSPS) is 13.0. The summed E-state index contributed by atoms with van der Waals surface area (Å²) in [7, 11) is -4.47. The van der Waals surface area contributed by atoms with Crippen LogP contribution in [0.25, 0.3) is 0 Å². The summed E-state index contributed by atoms with van der Waals surface area (Å²) in [6.45, 7) is 0. The van der Waals surface area contributed by atoms with E-state index in [4.69, 9.17) is 0 Å². The molecule has 0 bridgehead atoms. The Labute approximate surface area is 158 Å². The molecule has 4 N–H and O–H groups in total. The molecule has 1 aliphatic rings. The molecule has 0 heterocycles. The Bertz CT molecular complexity index is 985. The van der Waals surface area contributed by atoms with Crippen molar-refractivity contribution in [1.29, 1.82) is 0 Å². The van der Waals surface area contributed by atoms with E-state index < -0.39 is 37.9 Å². The molecule has 0 saturated heterocycles. The zero-order valence-electron chi connectivity index (χ0n) is 11.3. The summed E-state index contributed by atoms with van der Waals surface area (Å²) in [5.41, 5.74) is -1.04. The number of carbonyl (C=O) groups excluding carboxylic acids is 2. The third kappa shape index (κ3) is 2.55. The molecule has 0 fully saturated rings. The van der Waals surface area contributed by atoms with Gasteiger partial charge in [-0.05, 0) is 18.2 Å². The Hall–Kier alpha value is -1.75. The second kappa shape index (κ2) is 6.28. The van der Waals surface area contributed by atoms with Crippen molar-refractivity contribution in [3.8, 4) is 11.5 Å². The monoisotopic (exact) mass is 359 g/mol. The van der Waals surface area contributed by atoms with Gasteiger partial charge in [0.15, 0.2) is 11.6 Å². The standard InChI is InChI=1S/C14H9NO7S.Na.H/c15-22-23(20,21)9-5-4-7-11(14(9)19)13(18)6-2-1-3-8(16)10(6)12(7)17;;/h1-5,16,19H,15H2;;. The van der Waals surface area contributed by atoms with Crippen LogP contribution in [0, 0.1) is 0 Å². The molecule has 3 rings (SSSR count). The summed E-state index contributed by atoms with van der Waals surface area (Å²) < 4.78 is 27.1. The van der Waals surface area contributed by atoms with Crippen LogP contribution in [0.15, 0.2) is 35.2 Å². The second-order valence-electron chi connectivity index (χ2n) is 4.74. The van der Waals surface area contributed by atoms with Crippen molar-refractivity contribution in [1.82, 2.24) is 0 Å². The fourth-order valence-electron chi connectivity index (χ4n) is 2.48. The van der Waals surface area contributed by atoms with E-state index in [9.17, 15) is 28.2 Å². The summed E-state index contributed by atoms with van der Waals surface area (Å²) in [6.07, 6.45) is 0. The van der Waals surface area contributed by atoms with Crippen molar-refractivity contribution in [2.75, 3.05) is 0 Å². The maximum absolute atomic E-state index is 12.5. The number of carbonyl (C=O) groups is 2. The average molecular weight is 359 g/mol.